The Bertz CT molecular complexity index is 505. The number of hydrogen-bond donors (Lipinski definition) is 1. The highest BCUT2D eigenvalue weighted by molar-refractivity contribution is 7.12. The smallest absolute Gasteiger partial charge is 0.162 e. The zero-order valence-corrected chi connectivity index (χ0v) is 11.3. The number of thiophene rings is 1. The normalized spacial score (nSPS) is 10.5. The van der Waals surface area contributed by atoms with Crippen molar-refractivity contribution in [3.63, 3.8) is 0 Å². The van der Waals surface area contributed by atoms with Crippen LogP contribution >= 0.6 is 11.3 Å². The monoisotopic (exact) mass is 247 g/mol. The summed E-state index contributed by atoms with van der Waals surface area (Å²) >= 11 is 1.79. The van der Waals surface area contributed by atoms with Gasteiger partial charge in [-0.15, -0.1) is 11.3 Å². The van der Waals surface area contributed by atoms with E-state index in [9.17, 15) is 0 Å². The van der Waals surface area contributed by atoms with Crippen molar-refractivity contribution in [2.45, 2.75) is 27.2 Å². The number of anilines is 1. The fourth-order valence-electron chi connectivity index (χ4n) is 1.69. The van der Waals surface area contributed by atoms with Crippen LogP contribution in [0, 0.1) is 13.8 Å². The van der Waals surface area contributed by atoms with Crippen LogP contribution in [0.3, 0.4) is 0 Å². The van der Waals surface area contributed by atoms with E-state index in [0.717, 1.165) is 30.2 Å². The van der Waals surface area contributed by atoms with Crippen LogP contribution in [0.25, 0.3) is 11.4 Å². The molecule has 0 aliphatic carbocycles. The Hall–Kier alpha value is -1.42. The summed E-state index contributed by atoms with van der Waals surface area (Å²) in [6, 6.07) is 4.06. The molecule has 0 aromatic carbocycles. The first kappa shape index (κ1) is 12.0. The maximum absolute atomic E-state index is 4.54. The molecule has 0 saturated carbocycles. The van der Waals surface area contributed by atoms with E-state index in [1.165, 1.54) is 9.75 Å². The Morgan fingerprint density at radius 1 is 1.35 bits per heavy atom. The van der Waals surface area contributed by atoms with E-state index in [0.29, 0.717) is 0 Å². The minimum atomic E-state index is 0.813. The second kappa shape index (κ2) is 5.27. The van der Waals surface area contributed by atoms with Gasteiger partial charge in [0.25, 0.3) is 0 Å². The van der Waals surface area contributed by atoms with Crippen LogP contribution in [0.2, 0.25) is 0 Å². The van der Waals surface area contributed by atoms with Crippen molar-refractivity contribution in [1.29, 1.82) is 0 Å². The predicted octanol–water partition coefficient (Wildman–Crippen LogP) is 3.64. The average Bonchev–Trinajstić information content (AvgIpc) is 2.66. The maximum Gasteiger partial charge on any atom is 0.162 e. The number of aromatic nitrogens is 2. The zero-order valence-electron chi connectivity index (χ0n) is 10.4. The van der Waals surface area contributed by atoms with Crippen molar-refractivity contribution >= 4 is 17.2 Å². The molecule has 0 radical (unpaired) electrons. The van der Waals surface area contributed by atoms with Gasteiger partial charge in [0.05, 0.1) is 0 Å². The second-order valence-corrected chi connectivity index (χ2v) is 5.48. The fraction of sp³-hybridized carbons (Fsp3) is 0.385. The Morgan fingerprint density at radius 3 is 2.82 bits per heavy atom. The highest BCUT2D eigenvalue weighted by Crippen LogP contribution is 2.28. The summed E-state index contributed by atoms with van der Waals surface area (Å²) in [5.41, 5.74) is 1.15. The van der Waals surface area contributed by atoms with E-state index < -0.39 is 0 Å². The molecular formula is C13H17N3S. The first-order chi connectivity index (χ1) is 8.20. The maximum atomic E-state index is 4.54. The van der Waals surface area contributed by atoms with Crippen LogP contribution in [-0.2, 0) is 0 Å². The molecule has 0 unspecified atom stereocenters. The lowest BCUT2D eigenvalue weighted by Gasteiger charge is -2.05. The SMILES string of the molecule is CCCNc1ccnc(-c2cc(C)sc2C)n1. The Balaban J connectivity index is 2.29. The van der Waals surface area contributed by atoms with E-state index in [-0.39, 0.29) is 0 Å². The first-order valence-electron chi connectivity index (χ1n) is 5.85. The third-order valence-corrected chi connectivity index (χ3v) is 3.46. The van der Waals surface area contributed by atoms with Crippen molar-refractivity contribution in [2.75, 3.05) is 11.9 Å². The van der Waals surface area contributed by atoms with E-state index >= 15 is 0 Å². The Labute approximate surface area is 106 Å². The predicted molar refractivity (Wildman–Crippen MR) is 73.6 cm³/mol. The van der Waals surface area contributed by atoms with Crippen LogP contribution < -0.4 is 5.32 Å². The minimum Gasteiger partial charge on any atom is -0.370 e. The molecule has 4 heteroatoms. The van der Waals surface area contributed by atoms with Crippen molar-refractivity contribution in [3.05, 3.63) is 28.1 Å². The van der Waals surface area contributed by atoms with Gasteiger partial charge < -0.3 is 5.32 Å². The Morgan fingerprint density at radius 2 is 2.18 bits per heavy atom. The molecule has 2 aromatic heterocycles. The van der Waals surface area contributed by atoms with E-state index in [1.54, 1.807) is 11.3 Å². The summed E-state index contributed by atoms with van der Waals surface area (Å²) in [4.78, 5) is 11.5. The molecule has 2 heterocycles. The molecule has 0 spiro atoms. The summed E-state index contributed by atoms with van der Waals surface area (Å²) in [5, 5.41) is 3.28. The van der Waals surface area contributed by atoms with Crippen LogP contribution in [-0.4, -0.2) is 16.5 Å². The third-order valence-electron chi connectivity index (χ3n) is 2.49. The summed E-state index contributed by atoms with van der Waals surface area (Å²) in [6.07, 6.45) is 2.91. The molecule has 0 atom stereocenters. The lowest BCUT2D eigenvalue weighted by Crippen LogP contribution is -2.03. The fourth-order valence-corrected chi connectivity index (χ4v) is 2.61. The molecule has 2 rings (SSSR count). The summed E-state index contributed by atoms with van der Waals surface area (Å²) in [5.74, 6) is 1.72. The second-order valence-electron chi connectivity index (χ2n) is 4.02. The highest BCUT2D eigenvalue weighted by Gasteiger charge is 2.08. The first-order valence-corrected chi connectivity index (χ1v) is 6.66. The number of aryl methyl sites for hydroxylation is 2. The molecule has 0 aliphatic heterocycles. The lowest BCUT2D eigenvalue weighted by atomic mass is 10.2. The van der Waals surface area contributed by atoms with E-state index in [4.69, 9.17) is 0 Å². The zero-order chi connectivity index (χ0) is 12.3. The van der Waals surface area contributed by atoms with Gasteiger partial charge in [-0.2, -0.15) is 0 Å². The van der Waals surface area contributed by atoms with Gasteiger partial charge in [-0.3, -0.25) is 0 Å². The van der Waals surface area contributed by atoms with Crippen LogP contribution in [0.15, 0.2) is 18.3 Å². The molecule has 3 nitrogen and oxygen atoms in total. The van der Waals surface area contributed by atoms with Gasteiger partial charge in [-0.05, 0) is 32.4 Å². The minimum absolute atomic E-state index is 0.813. The topological polar surface area (TPSA) is 37.8 Å². The summed E-state index contributed by atoms with van der Waals surface area (Å²) in [7, 11) is 0. The number of nitrogens with zero attached hydrogens (tertiary/aromatic N) is 2. The molecule has 0 bridgehead atoms. The quantitative estimate of drug-likeness (QED) is 0.896. The molecule has 0 aliphatic rings. The van der Waals surface area contributed by atoms with Crippen LogP contribution in [0.1, 0.15) is 23.1 Å². The van der Waals surface area contributed by atoms with Crippen molar-refractivity contribution in [2.24, 2.45) is 0 Å². The number of nitrogens with one attached hydrogen (secondary N) is 1. The molecule has 90 valence electrons. The highest BCUT2D eigenvalue weighted by atomic mass is 32.1. The standard InChI is InChI=1S/C13H17N3S/c1-4-6-14-12-5-7-15-13(16-12)11-8-9(2)17-10(11)3/h5,7-8H,4,6H2,1-3H3,(H,14,15,16). The van der Waals surface area contributed by atoms with Gasteiger partial charge in [-0.25, -0.2) is 9.97 Å². The van der Waals surface area contributed by atoms with Gasteiger partial charge in [0.15, 0.2) is 5.82 Å². The van der Waals surface area contributed by atoms with Crippen LogP contribution in [0.4, 0.5) is 5.82 Å². The van der Waals surface area contributed by atoms with Crippen molar-refractivity contribution in [1.82, 2.24) is 9.97 Å². The molecule has 0 amide bonds. The molecule has 17 heavy (non-hydrogen) atoms. The van der Waals surface area contributed by atoms with Gasteiger partial charge in [0, 0.05) is 28.1 Å². The van der Waals surface area contributed by atoms with Gasteiger partial charge in [0.2, 0.25) is 0 Å². The largest absolute Gasteiger partial charge is 0.370 e. The van der Waals surface area contributed by atoms with Gasteiger partial charge in [-0.1, -0.05) is 6.92 Å². The van der Waals surface area contributed by atoms with Crippen molar-refractivity contribution < 1.29 is 0 Å². The summed E-state index contributed by atoms with van der Waals surface area (Å²) in [6.45, 7) is 7.31. The van der Waals surface area contributed by atoms with E-state index in [2.05, 4.69) is 42.1 Å². The van der Waals surface area contributed by atoms with E-state index in [1.807, 2.05) is 12.3 Å². The Kier molecular flexibility index (Phi) is 3.74. The summed E-state index contributed by atoms with van der Waals surface area (Å²) < 4.78 is 0. The lowest BCUT2D eigenvalue weighted by molar-refractivity contribution is 0.966. The third kappa shape index (κ3) is 2.82. The van der Waals surface area contributed by atoms with Gasteiger partial charge >= 0.3 is 0 Å². The average molecular weight is 247 g/mol. The number of hydrogen-bond acceptors (Lipinski definition) is 4. The molecule has 1 N–H and O–H groups in total. The van der Waals surface area contributed by atoms with Gasteiger partial charge in [0.1, 0.15) is 5.82 Å². The van der Waals surface area contributed by atoms with Crippen molar-refractivity contribution in [3.8, 4) is 11.4 Å². The van der Waals surface area contributed by atoms with Crippen LogP contribution in [0.5, 0.6) is 0 Å². The molecular weight excluding hydrogens is 230 g/mol. The molecule has 0 saturated heterocycles. The molecule has 0 fully saturated rings. The number of rotatable bonds is 4. The molecule has 2 aromatic rings.